The number of amides is 2. The number of nitrogens with zero attached hydrogens (tertiary/aromatic N) is 1. The first-order chi connectivity index (χ1) is 12.1. The third-order valence-electron chi connectivity index (χ3n) is 5.21. The van der Waals surface area contributed by atoms with Gasteiger partial charge in [0.1, 0.15) is 0 Å². The maximum atomic E-state index is 12.7. The summed E-state index contributed by atoms with van der Waals surface area (Å²) in [6, 6.07) is 6.22. The van der Waals surface area contributed by atoms with Crippen molar-refractivity contribution < 1.29 is 19.5 Å². The summed E-state index contributed by atoms with van der Waals surface area (Å²) >= 11 is 0. The third-order valence-corrected chi connectivity index (χ3v) is 5.21. The van der Waals surface area contributed by atoms with Gasteiger partial charge in [-0.3, -0.25) is 14.5 Å². The van der Waals surface area contributed by atoms with Gasteiger partial charge >= 0.3 is 0 Å². The number of carboxylic acids is 1. The first kappa shape index (κ1) is 15.6. The number of fused-ring (bicyclic) bond motifs is 2. The van der Waals surface area contributed by atoms with E-state index in [-0.39, 0.29) is 6.42 Å². The summed E-state index contributed by atoms with van der Waals surface area (Å²) in [5.74, 6) is -3.08. The Morgan fingerprint density at radius 1 is 1.16 bits per heavy atom. The van der Waals surface area contributed by atoms with Crippen LogP contribution in [0.1, 0.15) is 18.4 Å². The Balaban J connectivity index is 1.67. The molecule has 4 rings (SSSR count). The van der Waals surface area contributed by atoms with Gasteiger partial charge in [-0.1, -0.05) is 30.4 Å². The number of carbonyl (C=O) groups excluding carboxylic acids is 3. The molecule has 2 heterocycles. The first-order valence-corrected chi connectivity index (χ1v) is 8.35. The van der Waals surface area contributed by atoms with Gasteiger partial charge in [-0.15, -0.1) is 0 Å². The van der Waals surface area contributed by atoms with Crippen molar-refractivity contribution in [3.05, 3.63) is 48.2 Å². The number of hydrogen-bond donors (Lipinski definition) is 1. The van der Waals surface area contributed by atoms with Gasteiger partial charge in [-0.2, -0.15) is 0 Å². The molecule has 2 amide bonds. The number of carboxylic acid groups (broad SMARTS) is 1. The van der Waals surface area contributed by atoms with Crippen LogP contribution in [0.5, 0.6) is 0 Å². The zero-order valence-electron chi connectivity index (χ0n) is 13.5. The Bertz CT molecular complexity index is 872. The number of benzene rings is 1. The van der Waals surface area contributed by atoms with Crippen molar-refractivity contribution >= 4 is 28.7 Å². The largest absolute Gasteiger partial charge is 0.548 e. The lowest BCUT2D eigenvalue weighted by Crippen LogP contribution is -2.52. The molecule has 25 heavy (non-hydrogen) atoms. The lowest BCUT2D eigenvalue weighted by atomic mass is 9.85. The lowest BCUT2D eigenvalue weighted by molar-refractivity contribution is -0.310. The van der Waals surface area contributed by atoms with Crippen molar-refractivity contribution in [3.63, 3.8) is 0 Å². The first-order valence-electron chi connectivity index (χ1n) is 8.35. The average molecular weight is 337 g/mol. The summed E-state index contributed by atoms with van der Waals surface area (Å²) in [6.45, 7) is 0. The zero-order chi connectivity index (χ0) is 17.6. The molecule has 1 aliphatic heterocycles. The summed E-state index contributed by atoms with van der Waals surface area (Å²) in [5.41, 5.74) is 1.63. The second-order valence-corrected chi connectivity index (χ2v) is 6.60. The van der Waals surface area contributed by atoms with Crippen LogP contribution < -0.4 is 5.11 Å². The predicted octanol–water partition coefficient (Wildman–Crippen LogP) is 0.780. The van der Waals surface area contributed by atoms with Gasteiger partial charge in [0, 0.05) is 23.5 Å². The molecule has 1 N–H and O–H groups in total. The molecule has 1 aromatic heterocycles. The van der Waals surface area contributed by atoms with Crippen LogP contribution >= 0.6 is 0 Å². The molecule has 3 atom stereocenters. The van der Waals surface area contributed by atoms with Crippen LogP contribution in [0.25, 0.3) is 10.9 Å². The molecule has 1 fully saturated rings. The van der Waals surface area contributed by atoms with Gasteiger partial charge in [0.25, 0.3) is 0 Å². The number of aromatic amines is 1. The van der Waals surface area contributed by atoms with Crippen LogP contribution in [0.2, 0.25) is 0 Å². The Labute approximate surface area is 144 Å². The van der Waals surface area contributed by atoms with Crippen LogP contribution in [0, 0.1) is 11.8 Å². The Hall–Kier alpha value is -2.89. The van der Waals surface area contributed by atoms with Crippen LogP contribution in [0.3, 0.4) is 0 Å². The molecule has 0 saturated carbocycles. The fraction of sp³-hybridized carbons (Fsp3) is 0.316. The highest BCUT2D eigenvalue weighted by Crippen LogP contribution is 2.36. The summed E-state index contributed by atoms with van der Waals surface area (Å²) < 4.78 is 0. The maximum Gasteiger partial charge on any atom is 0.234 e. The summed E-state index contributed by atoms with van der Waals surface area (Å²) in [4.78, 5) is 41.1. The zero-order valence-corrected chi connectivity index (χ0v) is 13.5. The second-order valence-electron chi connectivity index (χ2n) is 6.60. The summed E-state index contributed by atoms with van der Waals surface area (Å²) in [6.07, 6.45) is 6.49. The summed E-state index contributed by atoms with van der Waals surface area (Å²) in [5, 5.41) is 12.6. The smallest absolute Gasteiger partial charge is 0.234 e. The van der Waals surface area contributed by atoms with Crippen LogP contribution in [-0.2, 0) is 20.8 Å². The molecule has 2 aromatic rings. The number of likely N-dealkylation sites (tertiary alicyclic amines) is 1. The van der Waals surface area contributed by atoms with Crippen molar-refractivity contribution in [2.45, 2.75) is 25.3 Å². The molecular formula is C19H17N2O4-. The molecule has 1 saturated heterocycles. The van der Waals surface area contributed by atoms with Gasteiger partial charge in [-0.05, 0) is 24.5 Å². The average Bonchev–Trinajstić information content (AvgIpc) is 3.13. The normalized spacial score (nSPS) is 23.9. The molecule has 1 aromatic carbocycles. The van der Waals surface area contributed by atoms with Crippen molar-refractivity contribution in [2.75, 3.05) is 0 Å². The van der Waals surface area contributed by atoms with Crippen molar-refractivity contribution in [1.29, 1.82) is 0 Å². The number of carbonyl (C=O) groups is 3. The van der Waals surface area contributed by atoms with E-state index in [2.05, 4.69) is 4.98 Å². The number of imide groups is 1. The summed E-state index contributed by atoms with van der Waals surface area (Å²) in [7, 11) is 0. The molecule has 128 valence electrons. The Morgan fingerprint density at radius 2 is 1.80 bits per heavy atom. The number of nitrogens with one attached hydrogen (secondary N) is 1. The van der Waals surface area contributed by atoms with Gasteiger partial charge in [0.15, 0.2) is 0 Å². The number of H-pyrrole nitrogens is 1. The minimum atomic E-state index is -1.40. The fourth-order valence-corrected chi connectivity index (χ4v) is 3.92. The van der Waals surface area contributed by atoms with E-state index in [1.54, 1.807) is 6.20 Å². The number of rotatable bonds is 4. The quantitative estimate of drug-likeness (QED) is 0.659. The van der Waals surface area contributed by atoms with Crippen LogP contribution in [0.4, 0.5) is 0 Å². The SMILES string of the molecule is O=C([O-])[C@@H](Cc1c[nH]c2ccccc12)N1C(=O)[C@H]2CC=CC[C@@H]2C1=O. The molecule has 0 spiro atoms. The highest BCUT2D eigenvalue weighted by Gasteiger charge is 2.49. The molecule has 0 radical (unpaired) electrons. The second kappa shape index (κ2) is 5.88. The number of aromatic nitrogens is 1. The van der Waals surface area contributed by atoms with E-state index in [0.717, 1.165) is 21.4 Å². The molecule has 0 bridgehead atoms. The minimum absolute atomic E-state index is 0.0384. The van der Waals surface area contributed by atoms with Crippen molar-refractivity contribution in [2.24, 2.45) is 11.8 Å². The van der Waals surface area contributed by atoms with E-state index < -0.39 is 35.7 Å². The third kappa shape index (κ3) is 2.45. The standard InChI is InChI=1S/C19H18N2O4/c22-17-13-6-1-2-7-14(13)18(23)21(17)16(19(24)25)9-11-10-20-15-8-4-3-5-12(11)15/h1-5,8,10,13-14,16,20H,6-7,9H2,(H,24,25)/p-1/t13-,14-,16+/m0/s1. The maximum absolute atomic E-state index is 12.7. The highest BCUT2D eigenvalue weighted by atomic mass is 16.4. The number of allylic oxidation sites excluding steroid dienone is 2. The number of para-hydroxylation sites is 1. The van der Waals surface area contributed by atoms with Gasteiger partial charge in [0.2, 0.25) is 11.8 Å². The Morgan fingerprint density at radius 3 is 2.44 bits per heavy atom. The van der Waals surface area contributed by atoms with Crippen molar-refractivity contribution in [3.8, 4) is 0 Å². The molecule has 0 unspecified atom stereocenters. The van der Waals surface area contributed by atoms with E-state index in [4.69, 9.17) is 0 Å². The van der Waals surface area contributed by atoms with Crippen LogP contribution in [0.15, 0.2) is 42.6 Å². The molecule has 6 nitrogen and oxygen atoms in total. The van der Waals surface area contributed by atoms with E-state index >= 15 is 0 Å². The molecule has 1 aliphatic carbocycles. The molecular weight excluding hydrogens is 320 g/mol. The van der Waals surface area contributed by atoms with Crippen molar-refractivity contribution in [1.82, 2.24) is 9.88 Å². The van der Waals surface area contributed by atoms with Gasteiger partial charge in [0.05, 0.1) is 23.8 Å². The number of aliphatic carboxylic acids is 1. The molecule has 2 aliphatic rings. The minimum Gasteiger partial charge on any atom is -0.548 e. The number of hydrogen-bond acceptors (Lipinski definition) is 4. The topological polar surface area (TPSA) is 93.3 Å². The van der Waals surface area contributed by atoms with E-state index in [0.29, 0.717) is 12.8 Å². The highest BCUT2D eigenvalue weighted by molar-refractivity contribution is 6.08. The fourth-order valence-electron chi connectivity index (χ4n) is 3.92. The molecule has 6 heteroatoms. The predicted molar refractivity (Wildman–Crippen MR) is 88.0 cm³/mol. The van der Waals surface area contributed by atoms with Crippen LogP contribution in [-0.4, -0.2) is 33.7 Å². The van der Waals surface area contributed by atoms with Gasteiger partial charge in [-0.25, -0.2) is 0 Å². The Kier molecular flexibility index (Phi) is 3.67. The van der Waals surface area contributed by atoms with Gasteiger partial charge < -0.3 is 14.9 Å². The van der Waals surface area contributed by atoms with E-state index in [9.17, 15) is 19.5 Å². The monoisotopic (exact) mass is 337 g/mol. The van der Waals surface area contributed by atoms with E-state index in [1.807, 2.05) is 36.4 Å². The lowest BCUT2D eigenvalue weighted by Gasteiger charge is -2.27. The van der Waals surface area contributed by atoms with E-state index in [1.165, 1.54) is 0 Å².